The normalized spacial score (nSPS) is 7.60. The Morgan fingerprint density at radius 1 is 1.60 bits per heavy atom. The van der Waals surface area contributed by atoms with Crippen LogP contribution in [0.15, 0.2) is 18.2 Å². The summed E-state index contributed by atoms with van der Waals surface area (Å²) in [5, 5.41) is 8.40. The molecule has 1 radical (unpaired) electrons. The number of nitriles is 1. The van der Waals surface area contributed by atoms with Gasteiger partial charge in [-0.25, -0.2) is 0 Å². The molecule has 0 aliphatic rings. The zero-order valence-electron chi connectivity index (χ0n) is 5.76. The molecule has 1 rings (SSSR count). The molecule has 1 aromatic rings. The van der Waals surface area contributed by atoms with E-state index in [1.54, 1.807) is 18.2 Å². The zero-order valence-corrected chi connectivity index (χ0v) is 8.59. The predicted octanol–water partition coefficient (Wildman–Crippen LogP) is 1.66. The maximum atomic E-state index is 8.40. The minimum absolute atomic E-state index is 0. The van der Waals surface area contributed by atoms with Crippen LogP contribution in [0.5, 0.6) is 0 Å². The first-order chi connectivity index (χ1) is 4.33. The molecule has 0 N–H and O–H groups in total. The van der Waals surface area contributed by atoms with Crippen molar-refractivity contribution >= 4 is 0 Å². The SMILES string of the molecule is Cc1[c-]ccc(C#N)c1.[Y]. The molecular formula is C8H6NY-. The maximum Gasteiger partial charge on any atom is 0.0725 e. The van der Waals surface area contributed by atoms with Gasteiger partial charge < -0.3 is 0 Å². The molecule has 2 heteroatoms. The van der Waals surface area contributed by atoms with Crippen molar-refractivity contribution in [3.63, 3.8) is 0 Å². The van der Waals surface area contributed by atoms with Crippen molar-refractivity contribution in [2.45, 2.75) is 6.92 Å². The summed E-state index contributed by atoms with van der Waals surface area (Å²) in [4.78, 5) is 0. The summed E-state index contributed by atoms with van der Waals surface area (Å²) < 4.78 is 0. The molecule has 0 saturated carbocycles. The summed E-state index contributed by atoms with van der Waals surface area (Å²) in [7, 11) is 0. The first-order valence-corrected chi connectivity index (χ1v) is 2.71. The molecule has 0 fully saturated rings. The van der Waals surface area contributed by atoms with Crippen LogP contribution in [0.4, 0.5) is 0 Å². The zero-order chi connectivity index (χ0) is 6.69. The van der Waals surface area contributed by atoms with Gasteiger partial charge in [-0.2, -0.15) is 35.1 Å². The number of rotatable bonds is 0. The molecule has 0 aromatic heterocycles. The van der Waals surface area contributed by atoms with Crippen molar-refractivity contribution in [1.29, 1.82) is 5.26 Å². The van der Waals surface area contributed by atoms with E-state index in [1.165, 1.54) is 0 Å². The first-order valence-electron chi connectivity index (χ1n) is 2.71. The van der Waals surface area contributed by atoms with Crippen molar-refractivity contribution < 1.29 is 32.7 Å². The van der Waals surface area contributed by atoms with Crippen molar-refractivity contribution in [1.82, 2.24) is 0 Å². The van der Waals surface area contributed by atoms with Gasteiger partial charge in [0.05, 0.1) is 6.07 Å². The van der Waals surface area contributed by atoms with E-state index in [-0.39, 0.29) is 32.7 Å². The molecule has 47 valence electrons. The van der Waals surface area contributed by atoms with Crippen LogP contribution < -0.4 is 0 Å². The molecule has 1 nitrogen and oxygen atoms in total. The molecule has 0 amide bonds. The van der Waals surface area contributed by atoms with Gasteiger partial charge in [0, 0.05) is 32.7 Å². The van der Waals surface area contributed by atoms with Gasteiger partial charge in [-0.1, -0.05) is 12.5 Å². The van der Waals surface area contributed by atoms with Gasteiger partial charge in [0.1, 0.15) is 0 Å². The minimum Gasteiger partial charge on any atom is -0.195 e. The third kappa shape index (κ3) is 2.60. The van der Waals surface area contributed by atoms with E-state index in [0.29, 0.717) is 5.56 Å². The third-order valence-electron chi connectivity index (χ3n) is 1.08. The third-order valence-corrected chi connectivity index (χ3v) is 1.08. The van der Waals surface area contributed by atoms with Crippen molar-refractivity contribution in [2.75, 3.05) is 0 Å². The van der Waals surface area contributed by atoms with Gasteiger partial charge in [0.15, 0.2) is 0 Å². The van der Waals surface area contributed by atoms with Crippen LogP contribution in [-0.4, -0.2) is 0 Å². The van der Waals surface area contributed by atoms with Crippen molar-refractivity contribution in [3.8, 4) is 6.07 Å². The second-order valence-electron chi connectivity index (χ2n) is 1.87. The summed E-state index contributed by atoms with van der Waals surface area (Å²) in [6, 6.07) is 10.3. The Bertz CT molecular complexity index is 250. The molecule has 0 atom stereocenters. The van der Waals surface area contributed by atoms with Crippen molar-refractivity contribution in [2.24, 2.45) is 0 Å². The Morgan fingerprint density at radius 2 is 2.30 bits per heavy atom. The standard InChI is InChI=1S/C8H6N.Y/c1-7-3-2-4-8(5-7)6-9;/h2,4-5H,1H3;/q-1;. The van der Waals surface area contributed by atoms with E-state index in [9.17, 15) is 0 Å². The predicted molar refractivity (Wildman–Crippen MR) is 34.7 cm³/mol. The van der Waals surface area contributed by atoms with Gasteiger partial charge >= 0.3 is 0 Å². The number of nitrogens with zero attached hydrogens (tertiary/aromatic N) is 1. The Hall–Kier alpha value is -0.186. The van der Waals surface area contributed by atoms with E-state index in [1.807, 2.05) is 13.0 Å². The van der Waals surface area contributed by atoms with Crippen LogP contribution in [0, 0.1) is 24.3 Å². The quantitative estimate of drug-likeness (QED) is 0.591. The average molecular weight is 205 g/mol. The first kappa shape index (κ1) is 9.81. The van der Waals surface area contributed by atoms with Crippen LogP contribution in [0.2, 0.25) is 0 Å². The molecule has 0 aliphatic carbocycles. The van der Waals surface area contributed by atoms with E-state index < -0.39 is 0 Å². The molecule has 0 spiro atoms. The Labute approximate surface area is 85.9 Å². The average Bonchev–Trinajstić information content (AvgIpc) is 1.88. The maximum absolute atomic E-state index is 8.40. The molecule has 1 aromatic carbocycles. The van der Waals surface area contributed by atoms with Crippen LogP contribution >= 0.6 is 0 Å². The number of hydrogen-bond donors (Lipinski definition) is 0. The monoisotopic (exact) mass is 205 g/mol. The fraction of sp³-hybridized carbons (Fsp3) is 0.125. The topological polar surface area (TPSA) is 23.8 Å². The summed E-state index contributed by atoms with van der Waals surface area (Å²) in [5.74, 6) is 0. The molecule has 0 saturated heterocycles. The van der Waals surface area contributed by atoms with Crippen LogP contribution in [0.25, 0.3) is 0 Å². The van der Waals surface area contributed by atoms with E-state index in [0.717, 1.165) is 5.56 Å². The van der Waals surface area contributed by atoms with E-state index >= 15 is 0 Å². The summed E-state index contributed by atoms with van der Waals surface area (Å²) in [6.07, 6.45) is 0. The van der Waals surface area contributed by atoms with Gasteiger partial charge in [-0.3, -0.25) is 0 Å². The van der Waals surface area contributed by atoms with Gasteiger partial charge in [0.2, 0.25) is 0 Å². The van der Waals surface area contributed by atoms with E-state index in [4.69, 9.17) is 5.26 Å². The van der Waals surface area contributed by atoms with Crippen molar-refractivity contribution in [3.05, 3.63) is 35.4 Å². The molecule has 0 heterocycles. The Morgan fingerprint density at radius 3 is 2.70 bits per heavy atom. The van der Waals surface area contributed by atoms with E-state index in [2.05, 4.69) is 6.07 Å². The molecule has 0 aliphatic heterocycles. The molecular weight excluding hydrogens is 199 g/mol. The van der Waals surface area contributed by atoms with Crippen LogP contribution in [0.1, 0.15) is 11.1 Å². The fourth-order valence-electron chi connectivity index (χ4n) is 0.655. The summed E-state index contributed by atoms with van der Waals surface area (Å²) in [5.41, 5.74) is 1.71. The smallest absolute Gasteiger partial charge is 0.0725 e. The number of hydrogen-bond acceptors (Lipinski definition) is 1. The largest absolute Gasteiger partial charge is 0.195 e. The van der Waals surface area contributed by atoms with Gasteiger partial charge in [-0.15, -0.1) is 0 Å². The molecule has 0 bridgehead atoms. The summed E-state index contributed by atoms with van der Waals surface area (Å²) in [6.45, 7) is 1.92. The number of benzene rings is 1. The second kappa shape index (κ2) is 4.60. The fourth-order valence-corrected chi connectivity index (χ4v) is 0.655. The minimum atomic E-state index is 0. The molecule has 0 unspecified atom stereocenters. The Kier molecular flexibility index (Phi) is 4.52. The van der Waals surface area contributed by atoms with Gasteiger partial charge in [-0.05, 0) is 0 Å². The van der Waals surface area contributed by atoms with Crippen LogP contribution in [0.3, 0.4) is 0 Å². The summed E-state index contributed by atoms with van der Waals surface area (Å²) >= 11 is 0. The second-order valence-corrected chi connectivity index (χ2v) is 1.87. The molecule has 10 heavy (non-hydrogen) atoms. The van der Waals surface area contributed by atoms with Crippen LogP contribution in [-0.2, 0) is 32.7 Å². The number of aryl methyl sites for hydroxylation is 1. The van der Waals surface area contributed by atoms with Gasteiger partial charge in [0.25, 0.3) is 0 Å². The Balaban J connectivity index is 0.000000810.